The van der Waals surface area contributed by atoms with Gasteiger partial charge in [0.25, 0.3) is 5.91 Å². The van der Waals surface area contributed by atoms with Crippen LogP contribution >= 0.6 is 15.9 Å². The minimum absolute atomic E-state index is 0.00428. The summed E-state index contributed by atoms with van der Waals surface area (Å²) in [5, 5.41) is 6.39. The summed E-state index contributed by atoms with van der Waals surface area (Å²) >= 11 is 3.44. The van der Waals surface area contributed by atoms with Crippen molar-refractivity contribution in [3.63, 3.8) is 0 Å². The van der Waals surface area contributed by atoms with Crippen molar-refractivity contribution in [2.24, 2.45) is 7.05 Å². The summed E-state index contributed by atoms with van der Waals surface area (Å²) in [7, 11) is 3.61. The van der Waals surface area contributed by atoms with Crippen LogP contribution in [0.5, 0.6) is 5.75 Å². The molecule has 0 spiro atoms. The van der Waals surface area contributed by atoms with Crippen molar-refractivity contribution in [1.82, 2.24) is 14.7 Å². The first-order valence-electron chi connectivity index (χ1n) is 7.56. The Labute approximate surface area is 149 Å². The average molecular weight is 388 g/mol. The molecule has 0 atom stereocenters. The van der Waals surface area contributed by atoms with Crippen LogP contribution < -0.4 is 4.74 Å². The number of rotatable bonds is 5. The average Bonchev–Trinajstić information content (AvgIpc) is 2.91. The Kier molecular flexibility index (Phi) is 4.85. The Morgan fingerprint density at radius 2 is 2.00 bits per heavy atom. The molecule has 0 saturated heterocycles. The predicted octanol–water partition coefficient (Wildman–Crippen LogP) is 3.37. The fraction of sp³-hybridized carbons (Fsp3) is 0.222. The van der Waals surface area contributed by atoms with Gasteiger partial charge >= 0.3 is 0 Å². The molecular weight excluding hydrogens is 370 g/mol. The number of carbonyl (C=O) groups is 1. The zero-order valence-electron chi connectivity index (χ0n) is 13.6. The van der Waals surface area contributed by atoms with Crippen LogP contribution in [0, 0.1) is 0 Å². The van der Waals surface area contributed by atoms with E-state index in [4.69, 9.17) is 4.74 Å². The number of likely N-dealkylation sites (N-methyl/N-ethyl adjacent to an activating group) is 1. The van der Waals surface area contributed by atoms with Gasteiger partial charge < -0.3 is 9.64 Å². The summed E-state index contributed by atoms with van der Waals surface area (Å²) < 4.78 is 8.29. The normalized spacial score (nSPS) is 10.8. The molecule has 2 aromatic carbocycles. The van der Waals surface area contributed by atoms with Gasteiger partial charge in [0.2, 0.25) is 0 Å². The first-order chi connectivity index (χ1) is 11.5. The molecule has 124 valence electrons. The second-order valence-electron chi connectivity index (χ2n) is 5.61. The molecule has 1 heterocycles. The van der Waals surface area contributed by atoms with Crippen LogP contribution in [0.4, 0.5) is 0 Å². The molecule has 6 heteroatoms. The summed E-state index contributed by atoms with van der Waals surface area (Å²) in [4.78, 5) is 13.9. The van der Waals surface area contributed by atoms with Gasteiger partial charge in [-0.05, 0) is 38.8 Å². The topological polar surface area (TPSA) is 47.4 Å². The molecule has 0 bridgehead atoms. The van der Waals surface area contributed by atoms with Gasteiger partial charge in [0.05, 0.1) is 22.9 Å². The maximum absolute atomic E-state index is 12.3. The van der Waals surface area contributed by atoms with Crippen molar-refractivity contribution in [3.8, 4) is 5.75 Å². The molecule has 5 nitrogen and oxygen atoms in total. The van der Waals surface area contributed by atoms with Gasteiger partial charge in [-0.3, -0.25) is 9.48 Å². The van der Waals surface area contributed by atoms with Crippen molar-refractivity contribution in [2.75, 3.05) is 13.7 Å². The van der Waals surface area contributed by atoms with Gasteiger partial charge in [-0.1, -0.05) is 30.3 Å². The molecule has 3 rings (SSSR count). The Bertz CT molecular complexity index is 856. The largest absolute Gasteiger partial charge is 0.484 e. The molecule has 0 radical (unpaired) electrons. The quantitative estimate of drug-likeness (QED) is 0.674. The summed E-state index contributed by atoms with van der Waals surface area (Å²) in [6.07, 6.45) is 1.72. The van der Waals surface area contributed by atoms with E-state index >= 15 is 0 Å². The van der Waals surface area contributed by atoms with Gasteiger partial charge in [0, 0.05) is 14.1 Å². The van der Waals surface area contributed by atoms with Crippen LogP contribution in [-0.2, 0) is 18.4 Å². The Morgan fingerprint density at radius 1 is 1.25 bits per heavy atom. The SMILES string of the molecule is CN(Cc1c(Br)cnn1C)C(=O)COc1ccc2ccccc2c1. The fourth-order valence-electron chi connectivity index (χ4n) is 2.44. The number of ether oxygens (including phenoxy) is 1. The molecule has 1 amide bonds. The highest BCUT2D eigenvalue weighted by atomic mass is 79.9. The smallest absolute Gasteiger partial charge is 0.260 e. The number of aromatic nitrogens is 2. The maximum Gasteiger partial charge on any atom is 0.260 e. The molecule has 1 aromatic heterocycles. The highest BCUT2D eigenvalue weighted by molar-refractivity contribution is 9.10. The van der Waals surface area contributed by atoms with Crippen LogP contribution in [0.15, 0.2) is 53.1 Å². The molecular formula is C18H18BrN3O2. The molecule has 0 saturated carbocycles. The maximum atomic E-state index is 12.3. The summed E-state index contributed by atoms with van der Waals surface area (Å²) in [6.45, 7) is 0.474. The van der Waals surface area contributed by atoms with E-state index in [0.717, 1.165) is 20.9 Å². The molecule has 0 fully saturated rings. The third-order valence-corrected chi connectivity index (χ3v) is 4.57. The van der Waals surface area contributed by atoms with Crippen LogP contribution in [-0.4, -0.2) is 34.2 Å². The van der Waals surface area contributed by atoms with E-state index in [1.54, 1.807) is 22.8 Å². The number of aryl methyl sites for hydroxylation is 1. The third-order valence-electron chi connectivity index (χ3n) is 3.91. The fourth-order valence-corrected chi connectivity index (χ4v) is 2.91. The lowest BCUT2D eigenvalue weighted by Crippen LogP contribution is -2.31. The first-order valence-corrected chi connectivity index (χ1v) is 8.36. The third kappa shape index (κ3) is 3.59. The first kappa shape index (κ1) is 16.5. The van der Waals surface area contributed by atoms with Gasteiger partial charge in [-0.2, -0.15) is 5.10 Å². The number of nitrogens with zero attached hydrogens (tertiary/aromatic N) is 3. The summed E-state index contributed by atoms with van der Waals surface area (Å²) in [5.41, 5.74) is 0.941. The van der Waals surface area contributed by atoms with Gasteiger partial charge in [0.1, 0.15) is 5.75 Å². The molecule has 24 heavy (non-hydrogen) atoms. The number of benzene rings is 2. The van der Waals surface area contributed by atoms with E-state index in [0.29, 0.717) is 12.3 Å². The number of halogens is 1. The van der Waals surface area contributed by atoms with E-state index in [9.17, 15) is 4.79 Å². The highest BCUT2D eigenvalue weighted by Gasteiger charge is 2.14. The summed E-state index contributed by atoms with van der Waals surface area (Å²) in [6, 6.07) is 13.9. The van der Waals surface area contributed by atoms with Crippen molar-refractivity contribution < 1.29 is 9.53 Å². The molecule has 0 N–H and O–H groups in total. The molecule has 0 aliphatic heterocycles. The van der Waals surface area contributed by atoms with Crippen molar-refractivity contribution in [1.29, 1.82) is 0 Å². The van der Waals surface area contributed by atoms with Crippen LogP contribution in [0.3, 0.4) is 0 Å². The van der Waals surface area contributed by atoms with E-state index in [2.05, 4.69) is 21.0 Å². The zero-order valence-corrected chi connectivity index (χ0v) is 15.2. The van der Waals surface area contributed by atoms with E-state index < -0.39 is 0 Å². The Hall–Kier alpha value is -2.34. The second-order valence-corrected chi connectivity index (χ2v) is 6.46. The lowest BCUT2D eigenvalue weighted by atomic mass is 10.1. The van der Waals surface area contributed by atoms with E-state index in [-0.39, 0.29) is 12.5 Å². The lowest BCUT2D eigenvalue weighted by molar-refractivity contribution is -0.132. The molecule has 0 unspecified atom stereocenters. The van der Waals surface area contributed by atoms with Crippen molar-refractivity contribution in [2.45, 2.75) is 6.54 Å². The Balaban J connectivity index is 1.61. The summed E-state index contributed by atoms with van der Waals surface area (Å²) in [5.74, 6) is 0.605. The van der Waals surface area contributed by atoms with Crippen LogP contribution in [0.2, 0.25) is 0 Å². The monoisotopic (exact) mass is 387 g/mol. The minimum Gasteiger partial charge on any atom is -0.484 e. The molecule has 0 aliphatic carbocycles. The van der Waals surface area contributed by atoms with Gasteiger partial charge in [-0.15, -0.1) is 0 Å². The van der Waals surface area contributed by atoms with Crippen LogP contribution in [0.25, 0.3) is 10.8 Å². The van der Waals surface area contributed by atoms with Crippen LogP contribution in [0.1, 0.15) is 5.69 Å². The number of carbonyl (C=O) groups excluding carboxylic acids is 1. The highest BCUT2D eigenvalue weighted by Crippen LogP contribution is 2.21. The molecule has 3 aromatic rings. The standard InChI is InChI=1S/C18H18BrN3O2/c1-21(11-17-16(19)10-20-22(17)2)18(23)12-24-15-8-7-13-5-3-4-6-14(13)9-15/h3-10H,11-12H2,1-2H3. The van der Waals surface area contributed by atoms with Crippen molar-refractivity contribution >= 4 is 32.6 Å². The number of fused-ring (bicyclic) bond motifs is 1. The minimum atomic E-state index is -0.0868. The number of hydrogen-bond donors (Lipinski definition) is 0. The zero-order chi connectivity index (χ0) is 17.1. The Morgan fingerprint density at radius 3 is 2.71 bits per heavy atom. The number of hydrogen-bond acceptors (Lipinski definition) is 3. The van der Waals surface area contributed by atoms with Gasteiger partial charge in [-0.25, -0.2) is 0 Å². The van der Waals surface area contributed by atoms with Gasteiger partial charge in [0.15, 0.2) is 6.61 Å². The number of amides is 1. The van der Waals surface area contributed by atoms with E-state index in [1.165, 1.54) is 0 Å². The second kappa shape index (κ2) is 7.05. The van der Waals surface area contributed by atoms with Crippen molar-refractivity contribution in [3.05, 3.63) is 58.8 Å². The predicted molar refractivity (Wildman–Crippen MR) is 96.8 cm³/mol. The lowest BCUT2D eigenvalue weighted by Gasteiger charge is -2.18. The van der Waals surface area contributed by atoms with E-state index in [1.807, 2.05) is 49.5 Å². The molecule has 0 aliphatic rings.